The summed E-state index contributed by atoms with van der Waals surface area (Å²) < 4.78 is 19.5. The molecule has 1 aromatic rings. The summed E-state index contributed by atoms with van der Waals surface area (Å²) in [7, 11) is 0. The number of carbonyl (C=O) groups excluding carboxylic acids is 4. The number of rotatable bonds is 6. The fourth-order valence-corrected chi connectivity index (χ4v) is 2.97. The van der Waals surface area contributed by atoms with E-state index >= 15 is 0 Å². The highest BCUT2D eigenvalue weighted by molar-refractivity contribution is 6.11. The second-order valence-electron chi connectivity index (χ2n) is 6.72. The van der Waals surface area contributed by atoms with Crippen LogP contribution in [0, 0.1) is 11.7 Å². The SMILES string of the molecule is NC(=O)[C@@H](NC(=O)C1CCC1)C(=O)Nc1ccc(N2CCOCC2=O)cc1F. The molecule has 4 amide bonds. The Morgan fingerprint density at radius 3 is 2.61 bits per heavy atom. The summed E-state index contributed by atoms with van der Waals surface area (Å²) in [5.41, 5.74) is 5.34. The Morgan fingerprint density at radius 1 is 1.29 bits per heavy atom. The van der Waals surface area contributed by atoms with Gasteiger partial charge >= 0.3 is 0 Å². The van der Waals surface area contributed by atoms with Crippen molar-refractivity contribution in [3.63, 3.8) is 0 Å². The molecule has 9 nitrogen and oxygen atoms in total. The summed E-state index contributed by atoms with van der Waals surface area (Å²) in [4.78, 5) is 49.1. The van der Waals surface area contributed by atoms with Crippen LogP contribution in [0.15, 0.2) is 18.2 Å². The third-order valence-electron chi connectivity index (χ3n) is 4.82. The van der Waals surface area contributed by atoms with Crippen LogP contribution in [-0.2, 0) is 23.9 Å². The number of primary amides is 1. The maximum Gasteiger partial charge on any atom is 0.256 e. The van der Waals surface area contributed by atoms with E-state index in [1.54, 1.807) is 0 Å². The molecule has 4 N–H and O–H groups in total. The molecule has 150 valence electrons. The van der Waals surface area contributed by atoms with Crippen molar-refractivity contribution >= 4 is 35.0 Å². The highest BCUT2D eigenvalue weighted by Gasteiger charge is 2.32. The minimum atomic E-state index is -1.60. The molecule has 28 heavy (non-hydrogen) atoms. The lowest BCUT2D eigenvalue weighted by Gasteiger charge is -2.27. The molecule has 0 spiro atoms. The first kappa shape index (κ1) is 19.7. The van der Waals surface area contributed by atoms with Crippen LogP contribution >= 0.6 is 0 Å². The van der Waals surface area contributed by atoms with Crippen molar-refractivity contribution in [1.82, 2.24) is 5.32 Å². The zero-order chi connectivity index (χ0) is 20.3. The molecule has 1 aliphatic heterocycles. The summed E-state index contributed by atoms with van der Waals surface area (Å²) >= 11 is 0. The van der Waals surface area contributed by atoms with Crippen molar-refractivity contribution in [3.8, 4) is 0 Å². The minimum Gasteiger partial charge on any atom is -0.370 e. The van der Waals surface area contributed by atoms with Crippen molar-refractivity contribution < 1.29 is 28.3 Å². The van der Waals surface area contributed by atoms with E-state index in [1.807, 2.05) is 0 Å². The highest BCUT2D eigenvalue weighted by Crippen LogP contribution is 2.26. The number of hydrogen-bond donors (Lipinski definition) is 3. The molecule has 0 bridgehead atoms. The first-order valence-corrected chi connectivity index (χ1v) is 8.95. The van der Waals surface area contributed by atoms with Crippen LogP contribution in [0.3, 0.4) is 0 Å². The van der Waals surface area contributed by atoms with E-state index < -0.39 is 29.6 Å². The molecule has 1 saturated heterocycles. The first-order chi connectivity index (χ1) is 13.4. The molecule has 1 atom stereocenters. The fourth-order valence-electron chi connectivity index (χ4n) is 2.97. The van der Waals surface area contributed by atoms with Gasteiger partial charge in [-0.25, -0.2) is 4.39 Å². The second-order valence-corrected chi connectivity index (χ2v) is 6.72. The highest BCUT2D eigenvalue weighted by atomic mass is 19.1. The second kappa shape index (κ2) is 8.34. The number of amides is 4. The van der Waals surface area contributed by atoms with Crippen molar-refractivity contribution in [1.29, 1.82) is 0 Å². The van der Waals surface area contributed by atoms with Gasteiger partial charge in [-0.2, -0.15) is 0 Å². The Balaban J connectivity index is 1.68. The smallest absolute Gasteiger partial charge is 0.256 e. The third-order valence-corrected chi connectivity index (χ3v) is 4.82. The molecule has 1 aliphatic carbocycles. The largest absolute Gasteiger partial charge is 0.370 e. The Kier molecular flexibility index (Phi) is 5.88. The van der Waals surface area contributed by atoms with Gasteiger partial charge in [0.15, 0.2) is 6.04 Å². The number of benzene rings is 1. The van der Waals surface area contributed by atoms with Gasteiger partial charge in [-0.1, -0.05) is 6.42 Å². The van der Waals surface area contributed by atoms with Crippen LogP contribution in [0.1, 0.15) is 19.3 Å². The van der Waals surface area contributed by atoms with E-state index in [4.69, 9.17) is 10.5 Å². The molecule has 1 aromatic carbocycles. The van der Waals surface area contributed by atoms with Crippen molar-refractivity contribution in [3.05, 3.63) is 24.0 Å². The van der Waals surface area contributed by atoms with Gasteiger partial charge in [-0.3, -0.25) is 19.2 Å². The van der Waals surface area contributed by atoms with Crippen LogP contribution in [0.2, 0.25) is 0 Å². The Labute approximate surface area is 160 Å². The average Bonchev–Trinajstić information content (AvgIpc) is 2.60. The Bertz CT molecular complexity index is 811. The van der Waals surface area contributed by atoms with Crippen molar-refractivity contribution in [2.24, 2.45) is 11.7 Å². The molecule has 3 rings (SSSR count). The standard InChI is InChI=1S/C18H21FN4O5/c19-12-8-11(23-6-7-28-9-14(23)24)4-5-13(12)21-18(27)15(16(20)25)22-17(26)10-2-1-3-10/h4-5,8,10,15H,1-3,6-7,9H2,(H2,20,25)(H,21,27)(H,22,26)/t15-/m1/s1. The van der Waals surface area contributed by atoms with Gasteiger partial charge in [0, 0.05) is 18.2 Å². The predicted molar refractivity (Wildman–Crippen MR) is 96.7 cm³/mol. The van der Waals surface area contributed by atoms with Gasteiger partial charge in [-0.05, 0) is 31.0 Å². The van der Waals surface area contributed by atoms with E-state index in [2.05, 4.69) is 10.6 Å². The van der Waals surface area contributed by atoms with Crippen LogP contribution < -0.4 is 21.3 Å². The van der Waals surface area contributed by atoms with E-state index in [-0.39, 0.29) is 24.1 Å². The van der Waals surface area contributed by atoms with Gasteiger partial charge < -0.3 is 26.0 Å². The van der Waals surface area contributed by atoms with Gasteiger partial charge in [-0.15, -0.1) is 0 Å². The average molecular weight is 392 g/mol. The number of morpholine rings is 1. The summed E-state index contributed by atoms with van der Waals surface area (Å²) in [6.07, 6.45) is 2.29. The number of nitrogens with zero attached hydrogens (tertiary/aromatic N) is 1. The molecule has 0 unspecified atom stereocenters. The third kappa shape index (κ3) is 4.28. The quantitative estimate of drug-likeness (QED) is 0.582. The van der Waals surface area contributed by atoms with Crippen molar-refractivity contribution in [2.45, 2.75) is 25.3 Å². The van der Waals surface area contributed by atoms with Crippen LogP contribution in [0.5, 0.6) is 0 Å². The maximum atomic E-state index is 14.4. The monoisotopic (exact) mass is 392 g/mol. The zero-order valence-corrected chi connectivity index (χ0v) is 15.1. The lowest BCUT2D eigenvalue weighted by molar-refractivity contribution is -0.136. The van der Waals surface area contributed by atoms with E-state index in [0.717, 1.165) is 12.5 Å². The topological polar surface area (TPSA) is 131 Å². The number of halogens is 1. The molecule has 0 radical (unpaired) electrons. The summed E-state index contributed by atoms with van der Waals surface area (Å²) in [6.45, 7) is 0.550. The van der Waals surface area contributed by atoms with E-state index in [0.29, 0.717) is 31.7 Å². The van der Waals surface area contributed by atoms with Gasteiger partial charge in [0.05, 0.1) is 12.3 Å². The molecule has 1 heterocycles. The molecular weight excluding hydrogens is 371 g/mol. The lowest BCUT2D eigenvalue weighted by Crippen LogP contribution is -2.53. The van der Waals surface area contributed by atoms with Gasteiger partial charge in [0.1, 0.15) is 12.4 Å². The molecule has 0 aromatic heterocycles. The minimum absolute atomic E-state index is 0.0823. The molecule has 2 fully saturated rings. The van der Waals surface area contributed by atoms with Gasteiger partial charge in [0.2, 0.25) is 11.8 Å². The normalized spacial score (nSPS) is 18.2. The molecule has 2 aliphatic rings. The molecule has 10 heteroatoms. The number of nitrogens with two attached hydrogens (primary N) is 1. The fraction of sp³-hybridized carbons (Fsp3) is 0.444. The number of anilines is 2. The van der Waals surface area contributed by atoms with Crippen LogP contribution in [-0.4, -0.2) is 49.4 Å². The number of nitrogens with one attached hydrogen (secondary N) is 2. The van der Waals surface area contributed by atoms with Crippen LogP contribution in [0.4, 0.5) is 15.8 Å². The number of hydrogen-bond acceptors (Lipinski definition) is 5. The van der Waals surface area contributed by atoms with E-state index in [9.17, 15) is 23.6 Å². The first-order valence-electron chi connectivity index (χ1n) is 8.95. The number of carbonyl (C=O) groups is 4. The summed E-state index contributed by atoms with van der Waals surface area (Å²) in [5, 5.41) is 4.57. The summed E-state index contributed by atoms with van der Waals surface area (Å²) in [6, 6.07) is 2.24. The number of ether oxygens (including phenoxy) is 1. The molecular formula is C18H21FN4O5. The van der Waals surface area contributed by atoms with Crippen LogP contribution in [0.25, 0.3) is 0 Å². The predicted octanol–water partition coefficient (Wildman–Crippen LogP) is -0.102. The van der Waals surface area contributed by atoms with Crippen molar-refractivity contribution in [2.75, 3.05) is 30.0 Å². The van der Waals surface area contributed by atoms with E-state index in [1.165, 1.54) is 17.0 Å². The molecule has 1 saturated carbocycles. The maximum absolute atomic E-state index is 14.4. The Morgan fingerprint density at radius 2 is 2.04 bits per heavy atom. The Hall–Kier alpha value is -3.01. The lowest BCUT2D eigenvalue weighted by atomic mass is 9.84. The van der Waals surface area contributed by atoms with Gasteiger partial charge in [0.25, 0.3) is 11.8 Å². The summed E-state index contributed by atoms with van der Waals surface area (Å²) in [5.74, 6) is -3.73. The zero-order valence-electron chi connectivity index (χ0n) is 15.1.